The summed E-state index contributed by atoms with van der Waals surface area (Å²) in [7, 11) is 0. The lowest BCUT2D eigenvalue weighted by atomic mass is 9.77. The molecule has 23 heavy (non-hydrogen) atoms. The largest absolute Gasteiger partial charge is 0.331 e. The summed E-state index contributed by atoms with van der Waals surface area (Å²) in [5.41, 5.74) is 0.547. The molecule has 1 saturated heterocycles. The summed E-state index contributed by atoms with van der Waals surface area (Å²) in [5.74, 6) is 1.72. The molecule has 3 aliphatic rings. The highest BCUT2D eigenvalue weighted by molar-refractivity contribution is 6.43. The Balaban J connectivity index is 1.64. The highest BCUT2D eigenvalue weighted by Crippen LogP contribution is 2.49. The van der Waals surface area contributed by atoms with Crippen LogP contribution in [0, 0.1) is 11.8 Å². The van der Waals surface area contributed by atoms with Crippen molar-refractivity contribution in [3.8, 4) is 0 Å². The molecule has 3 nitrogen and oxygen atoms in total. The molecule has 3 fully saturated rings. The van der Waals surface area contributed by atoms with Crippen LogP contribution in [0.3, 0.4) is 0 Å². The molecule has 1 aromatic carbocycles. The second kappa shape index (κ2) is 6.27. The highest BCUT2D eigenvalue weighted by Gasteiger charge is 2.45. The van der Waals surface area contributed by atoms with Gasteiger partial charge < -0.3 is 10.2 Å². The zero-order valence-corrected chi connectivity index (χ0v) is 14.6. The summed E-state index contributed by atoms with van der Waals surface area (Å²) in [6, 6.07) is 5.98. The Kier molecular flexibility index (Phi) is 4.29. The van der Waals surface area contributed by atoms with E-state index in [1.165, 1.54) is 12.8 Å². The van der Waals surface area contributed by atoms with E-state index in [1.807, 2.05) is 6.07 Å². The number of benzene rings is 1. The van der Waals surface area contributed by atoms with Crippen molar-refractivity contribution in [2.45, 2.75) is 44.2 Å². The smallest absolute Gasteiger partial charge is 0.255 e. The average molecular weight is 353 g/mol. The first-order chi connectivity index (χ1) is 11.1. The molecule has 0 aromatic heterocycles. The van der Waals surface area contributed by atoms with Gasteiger partial charge in [0.05, 0.1) is 15.6 Å². The third-order valence-electron chi connectivity index (χ3n) is 5.96. The minimum absolute atomic E-state index is 0.0532. The van der Waals surface area contributed by atoms with E-state index in [1.54, 1.807) is 12.1 Å². The van der Waals surface area contributed by atoms with E-state index in [0.717, 1.165) is 44.2 Å². The number of halogens is 2. The van der Waals surface area contributed by atoms with Gasteiger partial charge in [-0.2, -0.15) is 0 Å². The van der Waals surface area contributed by atoms with Gasteiger partial charge in [0.25, 0.3) is 5.91 Å². The van der Waals surface area contributed by atoms with Gasteiger partial charge in [-0.1, -0.05) is 29.3 Å². The second-order valence-corrected chi connectivity index (χ2v) is 7.97. The number of nitrogens with one attached hydrogen (secondary N) is 1. The molecule has 1 amide bonds. The molecule has 1 aliphatic heterocycles. The molecule has 2 saturated carbocycles. The molecule has 1 N–H and O–H groups in total. The molecular formula is C18H22Cl2N2O. The first-order valence-corrected chi connectivity index (χ1v) is 9.38. The van der Waals surface area contributed by atoms with Gasteiger partial charge in [-0.15, -0.1) is 0 Å². The van der Waals surface area contributed by atoms with Crippen LogP contribution >= 0.6 is 23.2 Å². The number of fused-ring (bicyclic) bond motifs is 1. The Labute approximate surface area is 147 Å². The maximum Gasteiger partial charge on any atom is 0.255 e. The number of hydrogen-bond donors (Lipinski definition) is 1. The molecular weight excluding hydrogens is 331 g/mol. The molecule has 1 aromatic rings. The summed E-state index contributed by atoms with van der Waals surface area (Å²) in [4.78, 5) is 15.4. The lowest BCUT2D eigenvalue weighted by Gasteiger charge is -2.34. The summed E-state index contributed by atoms with van der Waals surface area (Å²) in [5, 5.41) is 4.23. The van der Waals surface area contributed by atoms with Crippen LogP contribution in [0.25, 0.3) is 0 Å². The van der Waals surface area contributed by atoms with E-state index in [-0.39, 0.29) is 11.9 Å². The Bertz CT molecular complexity index is 603. The van der Waals surface area contributed by atoms with Crippen molar-refractivity contribution in [1.29, 1.82) is 0 Å². The van der Waals surface area contributed by atoms with Crippen LogP contribution in [0.15, 0.2) is 18.2 Å². The number of hydrogen-bond acceptors (Lipinski definition) is 2. The Morgan fingerprint density at radius 1 is 1.09 bits per heavy atom. The van der Waals surface area contributed by atoms with Gasteiger partial charge in [-0.05, 0) is 62.6 Å². The lowest BCUT2D eigenvalue weighted by Crippen LogP contribution is -2.47. The van der Waals surface area contributed by atoms with Crippen molar-refractivity contribution in [3.05, 3.63) is 33.8 Å². The van der Waals surface area contributed by atoms with E-state index >= 15 is 0 Å². The molecule has 0 spiro atoms. The Hall–Kier alpha value is -0.770. The molecule has 2 aliphatic carbocycles. The molecule has 124 valence electrons. The predicted molar refractivity (Wildman–Crippen MR) is 93.1 cm³/mol. The lowest BCUT2D eigenvalue weighted by molar-refractivity contribution is 0.0590. The third kappa shape index (κ3) is 2.77. The summed E-state index contributed by atoms with van der Waals surface area (Å²) in [6.45, 7) is 1.87. The van der Waals surface area contributed by atoms with Crippen LogP contribution < -0.4 is 5.32 Å². The van der Waals surface area contributed by atoms with E-state index in [0.29, 0.717) is 21.7 Å². The maximum atomic E-state index is 13.3. The van der Waals surface area contributed by atoms with Crippen molar-refractivity contribution in [2.75, 3.05) is 13.1 Å². The Morgan fingerprint density at radius 3 is 2.43 bits per heavy atom. The molecule has 0 bridgehead atoms. The summed E-state index contributed by atoms with van der Waals surface area (Å²) >= 11 is 12.4. The van der Waals surface area contributed by atoms with Crippen molar-refractivity contribution < 1.29 is 4.79 Å². The molecule has 0 radical (unpaired) electrons. The van der Waals surface area contributed by atoms with Crippen LogP contribution in [-0.2, 0) is 0 Å². The van der Waals surface area contributed by atoms with Crippen molar-refractivity contribution in [2.24, 2.45) is 11.8 Å². The quantitative estimate of drug-likeness (QED) is 0.891. The second-order valence-electron chi connectivity index (χ2n) is 7.18. The van der Waals surface area contributed by atoms with Gasteiger partial charge in [-0.25, -0.2) is 0 Å². The number of rotatable bonds is 3. The van der Waals surface area contributed by atoms with Gasteiger partial charge in [-0.3, -0.25) is 4.79 Å². The fourth-order valence-electron chi connectivity index (χ4n) is 4.60. The number of amides is 1. The standard InChI is InChI=1S/C18H22Cl2N2O/c19-16-3-1-2-15(17(16)20)18(23)22(13-6-7-21-10-13)14-8-11-4-5-12(11)9-14/h1-3,11-14,21H,4-10H2/t11-,12+,13-,14+/m0/s1. The van der Waals surface area contributed by atoms with Gasteiger partial charge in [0.2, 0.25) is 0 Å². The number of carbonyl (C=O) groups excluding carboxylic acids is 1. The number of carbonyl (C=O) groups is 1. The molecule has 1 heterocycles. The fourth-order valence-corrected chi connectivity index (χ4v) is 4.98. The molecule has 5 heteroatoms. The van der Waals surface area contributed by atoms with Crippen LogP contribution in [0.2, 0.25) is 10.0 Å². The third-order valence-corrected chi connectivity index (χ3v) is 6.78. The van der Waals surface area contributed by atoms with Crippen molar-refractivity contribution >= 4 is 29.1 Å². The molecule has 4 rings (SSSR count). The van der Waals surface area contributed by atoms with Crippen LogP contribution in [0.4, 0.5) is 0 Å². The minimum atomic E-state index is 0.0532. The highest BCUT2D eigenvalue weighted by atomic mass is 35.5. The Morgan fingerprint density at radius 2 is 1.83 bits per heavy atom. The fraction of sp³-hybridized carbons (Fsp3) is 0.611. The van der Waals surface area contributed by atoms with Crippen LogP contribution in [0.5, 0.6) is 0 Å². The van der Waals surface area contributed by atoms with E-state index in [4.69, 9.17) is 23.2 Å². The predicted octanol–water partition coefficient (Wildman–Crippen LogP) is 3.99. The monoisotopic (exact) mass is 352 g/mol. The van der Waals surface area contributed by atoms with Gasteiger partial charge in [0.1, 0.15) is 0 Å². The summed E-state index contributed by atoms with van der Waals surface area (Å²) < 4.78 is 0. The van der Waals surface area contributed by atoms with E-state index < -0.39 is 0 Å². The first-order valence-electron chi connectivity index (χ1n) is 8.62. The SMILES string of the molecule is O=C(c1cccc(Cl)c1Cl)N([C@H]1C[C@H]2CC[C@H]2C1)[C@H]1CCNC1. The van der Waals surface area contributed by atoms with Gasteiger partial charge >= 0.3 is 0 Å². The zero-order chi connectivity index (χ0) is 16.0. The van der Waals surface area contributed by atoms with Crippen LogP contribution in [0.1, 0.15) is 42.5 Å². The van der Waals surface area contributed by atoms with Gasteiger partial charge in [0, 0.05) is 18.6 Å². The molecule has 0 unspecified atom stereocenters. The normalized spacial score (nSPS) is 32.4. The topological polar surface area (TPSA) is 32.3 Å². The van der Waals surface area contributed by atoms with Crippen molar-refractivity contribution in [1.82, 2.24) is 10.2 Å². The van der Waals surface area contributed by atoms with Crippen LogP contribution in [-0.4, -0.2) is 36.0 Å². The summed E-state index contributed by atoms with van der Waals surface area (Å²) in [6.07, 6.45) is 6.01. The van der Waals surface area contributed by atoms with Crippen molar-refractivity contribution in [3.63, 3.8) is 0 Å². The van der Waals surface area contributed by atoms with Gasteiger partial charge in [0.15, 0.2) is 0 Å². The minimum Gasteiger partial charge on any atom is -0.331 e. The average Bonchev–Trinajstić information content (AvgIpc) is 3.13. The zero-order valence-electron chi connectivity index (χ0n) is 13.1. The van der Waals surface area contributed by atoms with E-state index in [9.17, 15) is 4.79 Å². The first kappa shape index (κ1) is 15.7. The van der Waals surface area contributed by atoms with E-state index in [2.05, 4.69) is 10.2 Å². The number of nitrogens with zero attached hydrogens (tertiary/aromatic N) is 1. The molecule has 4 atom stereocenters. The maximum absolute atomic E-state index is 13.3.